The topological polar surface area (TPSA) is 46.9 Å². The maximum atomic E-state index is 12.9. The van der Waals surface area contributed by atoms with Crippen molar-refractivity contribution in [2.45, 2.75) is 13.3 Å². The summed E-state index contributed by atoms with van der Waals surface area (Å²) in [7, 11) is 4.23. The number of fused-ring (bicyclic) bond motifs is 1. The number of anilines is 1. The van der Waals surface area contributed by atoms with Gasteiger partial charge in [-0.1, -0.05) is 41.7 Å². The van der Waals surface area contributed by atoms with E-state index in [0.29, 0.717) is 12.3 Å². The highest BCUT2D eigenvalue weighted by Gasteiger charge is 2.21. The van der Waals surface area contributed by atoms with E-state index in [1.54, 1.807) is 16.2 Å². The van der Waals surface area contributed by atoms with Crippen LogP contribution in [0.15, 0.2) is 48.5 Å². The van der Waals surface area contributed by atoms with E-state index >= 15 is 0 Å². The fraction of sp³-hybridized carbons (Fsp3) is 0.333. The molecule has 0 aliphatic rings. The number of hydrogen-bond acceptors (Lipinski definition) is 4. The molecule has 142 valence electrons. The van der Waals surface area contributed by atoms with Crippen LogP contribution in [0.25, 0.3) is 10.2 Å². The van der Waals surface area contributed by atoms with E-state index < -0.39 is 0 Å². The van der Waals surface area contributed by atoms with Gasteiger partial charge in [0.15, 0.2) is 11.7 Å². The van der Waals surface area contributed by atoms with E-state index in [4.69, 9.17) is 9.72 Å². The Morgan fingerprint density at radius 2 is 1.93 bits per heavy atom. The van der Waals surface area contributed by atoms with Gasteiger partial charge in [-0.15, -0.1) is 0 Å². The molecule has 1 heterocycles. The van der Waals surface area contributed by atoms with Crippen molar-refractivity contribution in [1.29, 1.82) is 0 Å². The second-order valence-electron chi connectivity index (χ2n) is 6.88. The van der Waals surface area contributed by atoms with Crippen LogP contribution in [0.3, 0.4) is 0 Å². The molecule has 0 unspecified atom stereocenters. The molecule has 1 N–H and O–H groups in total. The number of para-hydroxylation sites is 2. The van der Waals surface area contributed by atoms with Crippen molar-refractivity contribution >= 4 is 32.6 Å². The van der Waals surface area contributed by atoms with E-state index in [-0.39, 0.29) is 12.5 Å². The van der Waals surface area contributed by atoms with Gasteiger partial charge in [0.2, 0.25) is 0 Å². The zero-order valence-electron chi connectivity index (χ0n) is 16.1. The van der Waals surface area contributed by atoms with Crippen molar-refractivity contribution < 1.29 is 14.4 Å². The zero-order valence-corrected chi connectivity index (χ0v) is 16.9. The van der Waals surface area contributed by atoms with Gasteiger partial charge in [0, 0.05) is 13.0 Å². The van der Waals surface area contributed by atoms with Crippen molar-refractivity contribution in [1.82, 2.24) is 4.98 Å². The van der Waals surface area contributed by atoms with Gasteiger partial charge in [-0.05, 0) is 30.7 Å². The second-order valence-corrected chi connectivity index (χ2v) is 7.88. The van der Waals surface area contributed by atoms with Gasteiger partial charge in [-0.2, -0.15) is 0 Å². The maximum Gasteiger partial charge on any atom is 0.266 e. The van der Waals surface area contributed by atoms with Gasteiger partial charge in [0.05, 0.1) is 30.9 Å². The number of amides is 1. The Labute approximate surface area is 164 Å². The summed E-state index contributed by atoms with van der Waals surface area (Å²) >= 11 is 1.56. The number of benzene rings is 2. The molecule has 3 rings (SSSR count). The van der Waals surface area contributed by atoms with E-state index in [1.165, 1.54) is 4.90 Å². The lowest BCUT2D eigenvalue weighted by Gasteiger charge is -2.20. The molecule has 1 amide bonds. The first-order chi connectivity index (χ1) is 13.0. The van der Waals surface area contributed by atoms with Crippen LogP contribution in [0.4, 0.5) is 5.13 Å². The fourth-order valence-corrected chi connectivity index (χ4v) is 3.93. The van der Waals surface area contributed by atoms with Crippen LogP contribution in [0.2, 0.25) is 0 Å². The van der Waals surface area contributed by atoms with E-state index in [9.17, 15) is 4.79 Å². The van der Waals surface area contributed by atoms with Crippen LogP contribution in [-0.4, -0.2) is 44.7 Å². The van der Waals surface area contributed by atoms with Gasteiger partial charge in [0.25, 0.3) is 5.91 Å². The Balaban J connectivity index is 1.78. The largest absolute Gasteiger partial charge is 0.484 e. The molecule has 0 bridgehead atoms. The zero-order chi connectivity index (χ0) is 19.2. The van der Waals surface area contributed by atoms with Crippen LogP contribution in [0, 0.1) is 6.92 Å². The number of aryl methyl sites for hydroxylation is 1. The van der Waals surface area contributed by atoms with Crippen LogP contribution >= 0.6 is 11.3 Å². The van der Waals surface area contributed by atoms with Gasteiger partial charge in [-0.3, -0.25) is 9.69 Å². The summed E-state index contributed by atoms with van der Waals surface area (Å²) < 4.78 is 6.78. The molecule has 0 radical (unpaired) electrons. The lowest BCUT2D eigenvalue weighted by molar-refractivity contribution is -0.858. The maximum absolute atomic E-state index is 12.9. The normalized spacial score (nSPS) is 11.1. The lowest BCUT2D eigenvalue weighted by atomic mass is 10.2. The molecule has 0 saturated heterocycles. The standard InChI is InChI=1S/C21H25N3O2S/c1-16-9-7-12-18-20(16)22-21(27-18)24(14-8-13-23(2)3)19(25)15-26-17-10-5-4-6-11-17/h4-7,9-12H,8,13-15H2,1-3H3/p+1. The summed E-state index contributed by atoms with van der Waals surface area (Å²) in [5.74, 6) is 0.632. The van der Waals surface area contributed by atoms with Crippen LogP contribution in [-0.2, 0) is 4.79 Å². The third-order valence-electron chi connectivity index (χ3n) is 4.31. The number of hydrogen-bond donors (Lipinski definition) is 1. The number of rotatable bonds is 8. The second kappa shape index (κ2) is 8.97. The average molecular weight is 385 g/mol. The van der Waals surface area contributed by atoms with E-state index in [1.807, 2.05) is 49.4 Å². The number of thiazole rings is 1. The quantitative estimate of drug-likeness (QED) is 0.649. The summed E-state index contributed by atoms with van der Waals surface area (Å²) in [4.78, 5) is 20.8. The van der Waals surface area contributed by atoms with Crippen molar-refractivity contribution in [3.63, 3.8) is 0 Å². The molecular formula is C21H26N3O2S+. The SMILES string of the molecule is Cc1cccc2sc(N(CCC[NH+](C)C)C(=O)COc3ccccc3)nc12. The van der Waals surface area contributed by atoms with Crippen LogP contribution in [0.5, 0.6) is 5.75 Å². The number of nitrogens with one attached hydrogen (secondary N) is 1. The first-order valence-corrected chi connectivity index (χ1v) is 9.99. The van der Waals surface area contributed by atoms with Gasteiger partial charge in [-0.25, -0.2) is 4.98 Å². The highest BCUT2D eigenvalue weighted by Crippen LogP contribution is 2.30. The number of quaternary nitrogens is 1. The van der Waals surface area contributed by atoms with Gasteiger partial charge < -0.3 is 9.64 Å². The summed E-state index contributed by atoms with van der Waals surface area (Å²) in [6.45, 7) is 3.69. The summed E-state index contributed by atoms with van der Waals surface area (Å²) in [5.41, 5.74) is 2.10. The number of carbonyl (C=O) groups is 1. The number of nitrogens with zero attached hydrogens (tertiary/aromatic N) is 2. The first kappa shape index (κ1) is 19.3. The van der Waals surface area contributed by atoms with Crippen molar-refractivity contribution in [3.8, 4) is 5.75 Å². The molecule has 0 atom stereocenters. The smallest absolute Gasteiger partial charge is 0.266 e. The van der Waals surface area contributed by atoms with Crippen LogP contribution in [0.1, 0.15) is 12.0 Å². The number of aromatic nitrogens is 1. The molecule has 5 nitrogen and oxygen atoms in total. The van der Waals surface area contributed by atoms with Crippen molar-refractivity contribution in [2.75, 3.05) is 38.7 Å². The summed E-state index contributed by atoms with van der Waals surface area (Å²) in [6.07, 6.45) is 0.911. The Bertz CT molecular complexity index is 893. The molecule has 0 saturated carbocycles. The lowest BCUT2D eigenvalue weighted by Crippen LogP contribution is -3.05. The summed E-state index contributed by atoms with van der Waals surface area (Å²) in [6, 6.07) is 15.6. The molecule has 0 spiro atoms. The third-order valence-corrected chi connectivity index (χ3v) is 5.35. The molecule has 6 heteroatoms. The Morgan fingerprint density at radius 1 is 1.15 bits per heavy atom. The highest BCUT2D eigenvalue weighted by molar-refractivity contribution is 7.22. The minimum Gasteiger partial charge on any atom is -0.484 e. The Hall–Kier alpha value is -2.44. The number of carbonyl (C=O) groups excluding carboxylic acids is 1. The molecule has 0 aliphatic carbocycles. The van der Waals surface area contributed by atoms with Crippen molar-refractivity contribution in [3.05, 3.63) is 54.1 Å². The highest BCUT2D eigenvalue weighted by atomic mass is 32.1. The molecule has 0 fully saturated rings. The average Bonchev–Trinajstić information content (AvgIpc) is 3.09. The Kier molecular flexibility index (Phi) is 6.42. The molecule has 2 aromatic carbocycles. The molecular weight excluding hydrogens is 358 g/mol. The van der Waals surface area contributed by atoms with Crippen molar-refractivity contribution in [2.24, 2.45) is 0 Å². The van der Waals surface area contributed by atoms with Gasteiger partial charge in [0.1, 0.15) is 5.75 Å². The van der Waals surface area contributed by atoms with Crippen LogP contribution < -0.4 is 14.5 Å². The minimum atomic E-state index is -0.0654. The fourth-order valence-electron chi connectivity index (χ4n) is 2.85. The predicted octanol–water partition coefficient (Wildman–Crippen LogP) is 2.55. The third kappa shape index (κ3) is 5.05. The predicted molar refractivity (Wildman–Crippen MR) is 111 cm³/mol. The first-order valence-electron chi connectivity index (χ1n) is 9.18. The monoisotopic (exact) mass is 384 g/mol. The Morgan fingerprint density at radius 3 is 2.63 bits per heavy atom. The van der Waals surface area contributed by atoms with Gasteiger partial charge >= 0.3 is 0 Å². The summed E-state index contributed by atoms with van der Waals surface area (Å²) in [5, 5.41) is 0.745. The molecule has 1 aromatic heterocycles. The molecule has 3 aromatic rings. The molecule has 0 aliphatic heterocycles. The molecule has 27 heavy (non-hydrogen) atoms. The van der Waals surface area contributed by atoms with E-state index in [0.717, 1.165) is 33.9 Å². The van der Waals surface area contributed by atoms with E-state index in [2.05, 4.69) is 20.2 Å². The number of ether oxygens (including phenoxy) is 1. The minimum absolute atomic E-state index is 0.00768.